The smallest absolute Gasteiger partial charge is 0.143 e. The van der Waals surface area contributed by atoms with Crippen LogP contribution in [0.2, 0.25) is 0 Å². The Morgan fingerprint density at radius 2 is 1.93 bits per heavy atom. The summed E-state index contributed by atoms with van der Waals surface area (Å²) in [6.07, 6.45) is 1.37. The molecule has 0 bridgehead atoms. The Morgan fingerprint density at radius 3 is 2.00 bits per heavy atom. The summed E-state index contributed by atoms with van der Waals surface area (Å²) in [6, 6.07) is 0. The van der Waals surface area contributed by atoms with Gasteiger partial charge in [-0.1, -0.05) is 20.8 Å². The van der Waals surface area contributed by atoms with Crippen LogP contribution in [0.3, 0.4) is 0 Å². The zero-order valence-corrected chi connectivity index (χ0v) is 10.0. The molecule has 1 unspecified atom stereocenters. The molecule has 0 aromatic rings. The van der Waals surface area contributed by atoms with Gasteiger partial charge in [-0.25, -0.2) is 0 Å². The van der Waals surface area contributed by atoms with Crippen molar-refractivity contribution in [3.05, 3.63) is 0 Å². The Labute approximate surface area is 91.2 Å². The van der Waals surface area contributed by atoms with E-state index in [1.54, 1.807) is 13.8 Å². The molecule has 1 saturated carbocycles. The number of rotatable bonds is 2. The van der Waals surface area contributed by atoms with E-state index in [0.717, 1.165) is 6.42 Å². The highest BCUT2D eigenvalue weighted by molar-refractivity contribution is 6.06. The van der Waals surface area contributed by atoms with Crippen LogP contribution in [0.5, 0.6) is 0 Å². The molecule has 86 valence electrons. The van der Waals surface area contributed by atoms with E-state index in [0.29, 0.717) is 12.3 Å². The van der Waals surface area contributed by atoms with E-state index in [1.807, 2.05) is 13.8 Å². The lowest BCUT2D eigenvalue weighted by Crippen LogP contribution is -1.98. The maximum absolute atomic E-state index is 10.6. The van der Waals surface area contributed by atoms with E-state index in [9.17, 15) is 14.4 Å². The maximum Gasteiger partial charge on any atom is 0.143 e. The normalized spacial score (nSPS) is 20.2. The Kier molecular flexibility index (Phi) is 6.06. The van der Waals surface area contributed by atoms with E-state index in [4.69, 9.17) is 0 Å². The van der Waals surface area contributed by atoms with Gasteiger partial charge in [0.1, 0.15) is 17.3 Å². The Hall–Kier alpha value is -0.990. The SMILES string of the molecule is CC(=O)CC(C)C.CC1CC(=O)CC1=O. The monoisotopic (exact) mass is 212 g/mol. The van der Waals surface area contributed by atoms with Crippen molar-refractivity contribution in [1.82, 2.24) is 0 Å². The number of ketones is 3. The van der Waals surface area contributed by atoms with Crippen LogP contribution >= 0.6 is 0 Å². The van der Waals surface area contributed by atoms with Crippen LogP contribution in [0, 0.1) is 11.8 Å². The predicted molar refractivity (Wildman–Crippen MR) is 58.5 cm³/mol. The molecule has 1 fully saturated rings. The molecular weight excluding hydrogens is 192 g/mol. The number of carbonyl (C=O) groups is 3. The first-order chi connectivity index (χ1) is 6.82. The molecule has 1 aliphatic rings. The van der Waals surface area contributed by atoms with Gasteiger partial charge in [-0.2, -0.15) is 0 Å². The zero-order chi connectivity index (χ0) is 12.0. The van der Waals surface area contributed by atoms with E-state index in [1.165, 1.54) is 0 Å². The molecule has 3 nitrogen and oxygen atoms in total. The molecule has 0 N–H and O–H groups in total. The third-order valence-corrected chi connectivity index (χ3v) is 2.15. The summed E-state index contributed by atoms with van der Waals surface area (Å²) in [5.41, 5.74) is 0. The standard InChI is InChI=1S/C6H8O2.C6H12O/c1-4-2-5(7)3-6(4)8;1-5(2)4-6(3)7/h4H,2-3H2,1H3;5H,4H2,1-3H3. The molecule has 0 radical (unpaired) electrons. The zero-order valence-electron chi connectivity index (χ0n) is 10.0. The molecule has 1 aliphatic carbocycles. The van der Waals surface area contributed by atoms with Gasteiger partial charge in [0.05, 0.1) is 6.42 Å². The number of carbonyl (C=O) groups excluding carboxylic acids is 3. The molecule has 1 rings (SSSR count). The van der Waals surface area contributed by atoms with Crippen LogP contribution in [0.4, 0.5) is 0 Å². The predicted octanol–water partition coefficient (Wildman–Crippen LogP) is 2.18. The van der Waals surface area contributed by atoms with Crippen LogP contribution in [-0.4, -0.2) is 17.3 Å². The topological polar surface area (TPSA) is 51.2 Å². The average Bonchev–Trinajstić information content (AvgIpc) is 2.27. The fourth-order valence-electron chi connectivity index (χ4n) is 1.47. The Balaban J connectivity index is 0.000000265. The van der Waals surface area contributed by atoms with Crippen LogP contribution < -0.4 is 0 Å². The Morgan fingerprint density at radius 1 is 1.40 bits per heavy atom. The summed E-state index contributed by atoms with van der Waals surface area (Å²) in [5, 5.41) is 0. The molecule has 1 atom stereocenters. The van der Waals surface area contributed by atoms with Gasteiger partial charge in [-0.3, -0.25) is 9.59 Å². The molecule has 0 aromatic heterocycles. The van der Waals surface area contributed by atoms with Crippen molar-refractivity contribution in [3.8, 4) is 0 Å². The minimum atomic E-state index is 0.00231. The third-order valence-electron chi connectivity index (χ3n) is 2.15. The maximum atomic E-state index is 10.6. The van der Waals surface area contributed by atoms with Gasteiger partial charge in [0, 0.05) is 18.8 Å². The molecule has 0 spiro atoms. The highest BCUT2D eigenvalue weighted by Gasteiger charge is 2.26. The van der Waals surface area contributed by atoms with Crippen LogP contribution in [0.15, 0.2) is 0 Å². The van der Waals surface area contributed by atoms with Crippen molar-refractivity contribution < 1.29 is 14.4 Å². The van der Waals surface area contributed by atoms with Gasteiger partial charge in [0.2, 0.25) is 0 Å². The lowest BCUT2D eigenvalue weighted by atomic mass is 10.1. The summed E-state index contributed by atoms with van der Waals surface area (Å²) < 4.78 is 0. The van der Waals surface area contributed by atoms with Crippen LogP contribution in [-0.2, 0) is 14.4 Å². The van der Waals surface area contributed by atoms with Crippen molar-refractivity contribution >= 4 is 17.3 Å². The lowest BCUT2D eigenvalue weighted by Gasteiger charge is -1.95. The summed E-state index contributed by atoms with van der Waals surface area (Å²) in [6.45, 7) is 7.51. The van der Waals surface area contributed by atoms with E-state index < -0.39 is 0 Å². The lowest BCUT2D eigenvalue weighted by molar-refractivity contribution is -0.122. The van der Waals surface area contributed by atoms with Crippen molar-refractivity contribution in [2.24, 2.45) is 11.8 Å². The van der Waals surface area contributed by atoms with Crippen LogP contribution in [0.25, 0.3) is 0 Å². The molecule has 0 aromatic carbocycles. The second-order valence-electron chi connectivity index (χ2n) is 4.59. The first-order valence-corrected chi connectivity index (χ1v) is 5.36. The average molecular weight is 212 g/mol. The molecule has 3 heteroatoms. The van der Waals surface area contributed by atoms with Crippen molar-refractivity contribution in [1.29, 1.82) is 0 Å². The van der Waals surface area contributed by atoms with E-state index >= 15 is 0 Å². The first-order valence-electron chi connectivity index (χ1n) is 5.36. The molecule has 0 saturated heterocycles. The van der Waals surface area contributed by atoms with Crippen LogP contribution in [0.1, 0.15) is 47.0 Å². The molecule has 15 heavy (non-hydrogen) atoms. The van der Waals surface area contributed by atoms with E-state index in [-0.39, 0.29) is 29.7 Å². The van der Waals surface area contributed by atoms with Crippen molar-refractivity contribution in [3.63, 3.8) is 0 Å². The van der Waals surface area contributed by atoms with Gasteiger partial charge >= 0.3 is 0 Å². The van der Waals surface area contributed by atoms with Gasteiger partial charge in [-0.15, -0.1) is 0 Å². The minimum absolute atomic E-state index is 0.00231. The van der Waals surface area contributed by atoms with Gasteiger partial charge in [0.15, 0.2) is 0 Å². The van der Waals surface area contributed by atoms with E-state index in [2.05, 4.69) is 0 Å². The molecular formula is C12H20O3. The van der Waals surface area contributed by atoms with Gasteiger partial charge in [0.25, 0.3) is 0 Å². The van der Waals surface area contributed by atoms with Gasteiger partial charge in [-0.05, 0) is 12.8 Å². The highest BCUT2D eigenvalue weighted by Crippen LogP contribution is 2.16. The summed E-state index contributed by atoms with van der Waals surface area (Å²) in [4.78, 5) is 31.3. The molecule has 0 heterocycles. The largest absolute Gasteiger partial charge is 0.300 e. The van der Waals surface area contributed by atoms with Crippen molar-refractivity contribution in [2.75, 3.05) is 0 Å². The third kappa shape index (κ3) is 7.00. The quantitative estimate of drug-likeness (QED) is 0.659. The molecule has 0 amide bonds. The fraction of sp³-hybridized carbons (Fsp3) is 0.750. The second-order valence-corrected chi connectivity index (χ2v) is 4.59. The highest BCUT2D eigenvalue weighted by atomic mass is 16.2. The summed E-state index contributed by atoms with van der Waals surface area (Å²) in [7, 11) is 0. The summed E-state index contributed by atoms with van der Waals surface area (Å²) in [5.74, 6) is 1.02. The van der Waals surface area contributed by atoms with Crippen molar-refractivity contribution in [2.45, 2.75) is 47.0 Å². The second kappa shape index (κ2) is 6.49. The minimum Gasteiger partial charge on any atom is -0.300 e. The number of hydrogen-bond acceptors (Lipinski definition) is 3. The number of Topliss-reactive ketones (excluding diaryl/α,β-unsaturated/α-hetero) is 3. The first kappa shape index (κ1) is 14.0. The Bertz CT molecular complexity index is 254. The molecule has 0 aliphatic heterocycles. The number of hydrogen-bond donors (Lipinski definition) is 0. The fourth-order valence-corrected chi connectivity index (χ4v) is 1.47. The summed E-state index contributed by atoms with van der Waals surface area (Å²) >= 11 is 0. The van der Waals surface area contributed by atoms with Gasteiger partial charge < -0.3 is 4.79 Å².